The highest BCUT2D eigenvalue weighted by molar-refractivity contribution is 7.85. The predicted molar refractivity (Wildman–Crippen MR) is 59.1 cm³/mol. The highest BCUT2D eigenvalue weighted by atomic mass is 32.2. The van der Waals surface area contributed by atoms with E-state index in [-0.39, 0.29) is 16.6 Å². The van der Waals surface area contributed by atoms with Gasteiger partial charge in [-0.2, -0.15) is 8.42 Å². The third-order valence-corrected chi connectivity index (χ3v) is 5.58. The van der Waals surface area contributed by atoms with Gasteiger partial charge in [0.05, 0.1) is 5.75 Å². The van der Waals surface area contributed by atoms with Crippen LogP contribution in [0.15, 0.2) is 12.2 Å². The summed E-state index contributed by atoms with van der Waals surface area (Å²) >= 11 is 0. The molecule has 3 nitrogen and oxygen atoms in total. The van der Waals surface area contributed by atoms with E-state index >= 15 is 0 Å². The molecule has 2 atom stereocenters. The molecule has 2 rings (SSSR count). The van der Waals surface area contributed by atoms with Gasteiger partial charge in [-0.05, 0) is 36.0 Å². The number of hydrogen-bond acceptors (Lipinski definition) is 2. The molecule has 1 N–H and O–H groups in total. The zero-order chi connectivity index (χ0) is 11.5. The summed E-state index contributed by atoms with van der Waals surface area (Å²) in [7, 11) is -3.89. The summed E-state index contributed by atoms with van der Waals surface area (Å²) in [5.74, 6) is 0.321. The van der Waals surface area contributed by atoms with E-state index < -0.39 is 10.1 Å². The SMILES string of the molecule is C=C1CC2(CS(=O)(=O)O)CCC1C2(C)C. The van der Waals surface area contributed by atoms with Gasteiger partial charge in [0.25, 0.3) is 10.1 Å². The highest BCUT2D eigenvalue weighted by Gasteiger charge is 2.61. The number of rotatable bonds is 2. The molecule has 86 valence electrons. The maximum absolute atomic E-state index is 11.1. The summed E-state index contributed by atoms with van der Waals surface area (Å²) in [4.78, 5) is 0. The van der Waals surface area contributed by atoms with Gasteiger partial charge >= 0.3 is 0 Å². The highest BCUT2D eigenvalue weighted by Crippen LogP contribution is 2.67. The van der Waals surface area contributed by atoms with Crippen LogP contribution in [-0.2, 0) is 10.1 Å². The molecule has 15 heavy (non-hydrogen) atoms. The van der Waals surface area contributed by atoms with Crippen molar-refractivity contribution < 1.29 is 13.0 Å². The van der Waals surface area contributed by atoms with E-state index in [9.17, 15) is 8.42 Å². The van der Waals surface area contributed by atoms with Crippen molar-refractivity contribution in [3.8, 4) is 0 Å². The normalized spacial score (nSPS) is 38.6. The van der Waals surface area contributed by atoms with Crippen molar-refractivity contribution in [3.05, 3.63) is 12.2 Å². The minimum atomic E-state index is -3.89. The van der Waals surface area contributed by atoms with Gasteiger partial charge in [-0.1, -0.05) is 26.0 Å². The fourth-order valence-electron chi connectivity index (χ4n) is 3.72. The van der Waals surface area contributed by atoms with Gasteiger partial charge in [0.1, 0.15) is 0 Å². The Kier molecular flexibility index (Phi) is 2.12. The lowest BCUT2D eigenvalue weighted by Gasteiger charge is -2.36. The van der Waals surface area contributed by atoms with Crippen LogP contribution in [0.3, 0.4) is 0 Å². The molecule has 0 saturated heterocycles. The van der Waals surface area contributed by atoms with Crippen LogP contribution in [0.4, 0.5) is 0 Å². The summed E-state index contributed by atoms with van der Waals surface area (Å²) in [5, 5.41) is 0. The second-order valence-electron chi connectivity index (χ2n) is 5.65. The lowest BCUT2D eigenvalue weighted by atomic mass is 9.71. The van der Waals surface area contributed by atoms with Crippen molar-refractivity contribution in [2.45, 2.75) is 33.1 Å². The van der Waals surface area contributed by atoms with Crippen molar-refractivity contribution >= 4 is 10.1 Å². The summed E-state index contributed by atoms with van der Waals surface area (Å²) < 4.78 is 31.2. The largest absolute Gasteiger partial charge is 0.286 e. The number of hydrogen-bond donors (Lipinski definition) is 1. The Labute approximate surface area is 91.3 Å². The van der Waals surface area contributed by atoms with Crippen molar-refractivity contribution in [2.75, 3.05) is 5.75 Å². The summed E-state index contributed by atoms with van der Waals surface area (Å²) in [6.07, 6.45) is 2.66. The average Bonchev–Trinajstić information content (AvgIpc) is 2.29. The molecule has 0 aromatic carbocycles. The van der Waals surface area contributed by atoms with Crippen molar-refractivity contribution in [1.29, 1.82) is 0 Å². The Morgan fingerprint density at radius 3 is 2.47 bits per heavy atom. The lowest BCUT2D eigenvalue weighted by Crippen LogP contribution is -2.36. The molecule has 0 spiro atoms. The molecular weight excluding hydrogens is 212 g/mol. The van der Waals surface area contributed by atoms with Crippen LogP contribution in [0.1, 0.15) is 33.1 Å². The maximum atomic E-state index is 11.1. The topological polar surface area (TPSA) is 54.4 Å². The van der Waals surface area contributed by atoms with E-state index in [1.54, 1.807) is 0 Å². The third-order valence-electron chi connectivity index (χ3n) is 4.67. The second kappa shape index (κ2) is 2.86. The Morgan fingerprint density at radius 1 is 1.53 bits per heavy atom. The molecule has 4 heteroatoms. The Balaban J connectivity index is 2.40. The zero-order valence-corrected chi connectivity index (χ0v) is 10.1. The zero-order valence-electron chi connectivity index (χ0n) is 9.28. The predicted octanol–water partition coefficient (Wildman–Crippen LogP) is 2.26. The second-order valence-corrected chi connectivity index (χ2v) is 7.11. The van der Waals surface area contributed by atoms with Crippen LogP contribution in [0.25, 0.3) is 0 Å². The Bertz CT molecular complexity index is 408. The molecule has 0 aromatic heterocycles. The van der Waals surface area contributed by atoms with E-state index in [0.29, 0.717) is 5.92 Å². The molecule has 2 aliphatic rings. The lowest BCUT2D eigenvalue weighted by molar-refractivity contribution is 0.153. The van der Waals surface area contributed by atoms with Crippen LogP contribution in [0.2, 0.25) is 0 Å². The van der Waals surface area contributed by atoms with Crippen LogP contribution < -0.4 is 0 Å². The van der Waals surface area contributed by atoms with E-state index in [0.717, 1.165) is 24.8 Å². The Hall–Kier alpha value is -0.350. The van der Waals surface area contributed by atoms with Crippen LogP contribution >= 0.6 is 0 Å². The molecule has 2 saturated carbocycles. The number of allylic oxidation sites excluding steroid dienone is 1. The molecule has 0 radical (unpaired) electrons. The van der Waals surface area contributed by atoms with E-state index in [4.69, 9.17) is 4.55 Å². The summed E-state index contributed by atoms with van der Waals surface area (Å²) in [5.41, 5.74) is 0.845. The summed E-state index contributed by atoms with van der Waals surface area (Å²) in [6.45, 7) is 8.24. The molecule has 2 aliphatic carbocycles. The van der Waals surface area contributed by atoms with Gasteiger partial charge in [-0.15, -0.1) is 0 Å². The van der Waals surface area contributed by atoms with Gasteiger partial charge < -0.3 is 0 Å². The first-order valence-corrected chi connectivity index (χ1v) is 6.92. The van der Waals surface area contributed by atoms with E-state index in [2.05, 4.69) is 20.4 Å². The molecule has 2 fully saturated rings. The quantitative estimate of drug-likeness (QED) is 0.585. The first-order valence-electron chi connectivity index (χ1n) is 5.31. The van der Waals surface area contributed by atoms with Crippen molar-refractivity contribution in [2.24, 2.45) is 16.7 Å². The fourth-order valence-corrected chi connectivity index (χ4v) is 5.04. The average molecular weight is 230 g/mol. The van der Waals surface area contributed by atoms with Crippen molar-refractivity contribution in [3.63, 3.8) is 0 Å². The molecule has 0 heterocycles. The Morgan fingerprint density at radius 2 is 2.13 bits per heavy atom. The van der Waals surface area contributed by atoms with E-state index in [1.165, 1.54) is 0 Å². The molecule has 0 amide bonds. The van der Waals surface area contributed by atoms with E-state index in [1.807, 2.05) is 0 Å². The molecular formula is C11H18O3S. The van der Waals surface area contributed by atoms with Gasteiger partial charge in [0, 0.05) is 0 Å². The molecule has 2 unspecified atom stereocenters. The van der Waals surface area contributed by atoms with Crippen LogP contribution in [0.5, 0.6) is 0 Å². The van der Waals surface area contributed by atoms with Crippen LogP contribution in [-0.4, -0.2) is 18.7 Å². The smallest absolute Gasteiger partial charge is 0.265 e. The maximum Gasteiger partial charge on any atom is 0.265 e. The van der Waals surface area contributed by atoms with Gasteiger partial charge in [-0.3, -0.25) is 4.55 Å². The van der Waals surface area contributed by atoms with Gasteiger partial charge in [0.2, 0.25) is 0 Å². The van der Waals surface area contributed by atoms with Crippen molar-refractivity contribution in [1.82, 2.24) is 0 Å². The van der Waals surface area contributed by atoms with Crippen LogP contribution in [0, 0.1) is 16.7 Å². The van der Waals surface area contributed by atoms with Gasteiger partial charge in [-0.25, -0.2) is 0 Å². The standard InChI is InChI=1S/C11H18O3S/c1-8-6-11(7-15(12,13)14)5-4-9(8)10(11,2)3/h9H,1,4-7H2,2-3H3,(H,12,13,14). The molecule has 0 aromatic rings. The molecule has 0 aliphatic heterocycles. The van der Waals surface area contributed by atoms with Gasteiger partial charge in [0.15, 0.2) is 0 Å². The fraction of sp³-hybridized carbons (Fsp3) is 0.818. The third kappa shape index (κ3) is 1.46. The first kappa shape index (κ1) is 11.1. The minimum absolute atomic E-state index is 0.0418. The number of fused-ring (bicyclic) bond motifs is 2. The summed E-state index contributed by atoms with van der Waals surface area (Å²) in [6, 6.07) is 0. The molecule has 2 bridgehead atoms. The first-order chi connectivity index (χ1) is 6.68. The monoisotopic (exact) mass is 230 g/mol. The minimum Gasteiger partial charge on any atom is -0.286 e.